The summed E-state index contributed by atoms with van der Waals surface area (Å²) in [5.41, 5.74) is 2.18. The molecule has 0 aliphatic heterocycles. The van der Waals surface area contributed by atoms with Gasteiger partial charge in [0.25, 0.3) is 0 Å². The molecule has 3 aromatic rings. The highest BCUT2D eigenvalue weighted by Crippen LogP contribution is 2.41. The van der Waals surface area contributed by atoms with Crippen molar-refractivity contribution < 1.29 is 9.21 Å². The Labute approximate surface area is 153 Å². The van der Waals surface area contributed by atoms with E-state index in [9.17, 15) is 4.79 Å². The molecular weight excluding hydrogens is 324 g/mol. The highest BCUT2D eigenvalue weighted by atomic mass is 16.4. The third-order valence-corrected chi connectivity index (χ3v) is 4.75. The molecule has 4 rings (SSSR count). The fraction of sp³-hybridized carbons (Fsp3) is 0.273. The number of hydrogen-bond donors (Lipinski definition) is 1. The number of carbonyl (C=O) groups excluding carboxylic acids is 1. The zero-order valence-electron chi connectivity index (χ0n) is 14.6. The summed E-state index contributed by atoms with van der Waals surface area (Å²) in [6, 6.07) is 20.2. The highest BCUT2D eigenvalue weighted by Gasteiger charge is 2.33. The maximum Gasteiger partial charge on any atom is 0.221 e. The minimum absolute atomic E-state index is 0.0465. The largest absolute Gasteiger partial charge is 0.441 e. The van der Waals surface area contributed by atoms with Crippen LogP contribution in [0.1, 0.15) is 36.8 Å². The van der Waals surface area contributed by atoms with Crippen LogP contribution in [0.25, 0.3) is 11.3 Å². The molecule has 1 aliphatic rings. The fourth-order valence-electron chi connectivity index (χ4n) is 3.19. The number of aromatic nitrogens is 1. The summed E-state index contributed by atoms with van der Waals surface area (Å²) in [7, 11) is 0. The average molecular weight is 346 g/mol. The first-order valence-electron chi connectivity index (χ1n) is 9.14. The predicted octanol–water partition coefficient (Wildman–Crippen LogP) is 4.54. The number of carbonyl (C=O) groups is 1. The van der Waals surface area contributed by atoms with Gasteiger partial charge in [-0.1, -0.05) is 60.7 Å². The molecule has 1 aliphatic carbocycles. The molecule has 1 heterocycles. The lowest BCUT2D eigenvalue weighted by Gasteiger charge is -2.18. The molecule has 1 amide bonds. The topological polar surface area (TPSA) is 55.1 Å². The number of aryl methyl sites for hydroxylation is 1. The van der Waals surface area contributed by atoms with Gasteiger partial charge >= 0.3 is 0 Å². The van der Waals surface area contributed by atoms with E-state index in [1.165, 1.54) is 18.4 Å². The fourth-order valence-corrected chi connectivity index (χ4v) is 3.19. The molecule has 1 fully saturated rings. The zero-order chi connectivity index (χ0) is 17.8. The molecule has 0 spiro atoms. The van der Waals surface area contributed by atoms with E-state index in [2.05, 4.69) is 22.4 Å². The molecule has 1 saturated carbocycles. The van der Waals surface area contributed by atoms with Gasteiger partial charge < -0.3 is 9.73 Å². The Morgan fingerprint density at radius 2 is 1.77 bits per heavy atom. The van der Waals surface area contributed by atoms with E-state index in [-0.39, 0.29) is 11.9 Å². The Bertz CT molecular complexity index is 854. The van der Waals surface area contributed by atoms with Crippen LogP contribution in [0.3, 0.4) is 0 Å². The Morgan fingerprint density at radius 1 is 1.08 bits per heavy atom. The predicted molar refractivity (Wildman–Crippen MR) is 100 cm³/mol. The van der Waals surface area contributed by atoms with Crippen molar-refractivity contribution in [3.05, 3.63) is 78.3 Å². The second-order valence-corrected chi connectivity index (χ2v) is 6.78. The van der Waals surface area contributed by atoms with Crippen molar-refractivity contribution in [1.82, 2.24) is 10.3 Å². The van der Waals surface area contributed by atoms with Crippen molar-refractivity contribution in [2.24, 2.45) is 5.92 Å². The van der Waals surface area contributed by atoms with Crippen molar-refractivity contribution in [1.29, 1.82) is 0 Å². The zero-order valence-corrected chi connectivity index (χ0v) is 14.6. The van der Waals surface area contributed by atoms with Crippen molar-refractivity contribution in [2.75, 3.05) is 0 Å². The average Bonchev–Trinajstić information content (AvgIpc) is 3.42. The van der Waals surface area contributed by atoms with Gasteiger partial charge in [0, 0.05) is 18.4 Å². The number of nitrogens with zero attached hydrogens (tertiary/aromatic N) is 1. The van der Waals surface area contributed by atoms with Gasteiger partial charge in [-0.3, -0.25) is 4.79 Å². The van der Waals surface area contributed by atoms with Gasteiger partial charge in [-0.15, -0.1) is 0 Å². The molecule has 1 unspecified atom stereocenters. The van der Waals surface area contributed by atoms with Crippen LogP contribution >= 0.6 is 0 Å². The molecule has 26 heavy (non-hydrogen) atoms. The van der Waals surface area contributed by atoms with Crippen LogP contribution in [0.2, 0.25) is 0 Å². The number of nitrogens with one attached hydrogen (secondary N) is 1. The van der Waals surface area contributed by atoms with E-state index < -0.39 is 0 Å². The molecule has 1 atom stereocenters. The third kappa shape index (κ3) is 4.02. The van der Waals surface area contributed by atoms with Gasteiger partial charge in [0.2, 0.25) is 5.91 Å². The SMILES string of the molecule is O=C(CCc1ncc(-c2ccccc2)o1)NC(c1ccccc1)C1CC1. The van der Waals surface area contributed by atoms with Gasteiger partial charge in [0.1, 0.15) is 0 Å². The number of amides is 1. The first-order valence-corrected chi connectivity index (χ1v) is 9.14. The Morgan fingerprint density at radius 3 is 2.46 bits per heavy atom. The van der Waals surface area contributed by atoms with Crippen molar-refractivity contribution >= 4 is 5.91 Å². The quantitative estimate of drug-likeness (QED) is 0.683. The van der Waals surface area contributed by atoms with Gasteiger partial charge in [-0.05, 0) is 24.3 Å². The summed E-state index contributed by atoms with van der Waals surface area (Å²) >= 11 is 0. The summed E-state index contributed by atoms with van der Waals surface area (Å²) in [6.45, 7) is 0. The van der Waals surface area contributed by atoms with Crippen LogP contribution in [0.5, 0.6) is 0 Å². The molecule has 2 aromatic carbocycles. The number of hydrogen-bond acceptors (Lipinski definition) is 3. The van der Waals surface area contributed by atoms with E-state index in [1.54, 1.807) is 6.20 Å². The maximum absolute atomic E-state index is 12.4. The first-order chi connectivity index (χ1) is 12.8. The van der Waals surface area contributed by atoms with Crippen LogP contribution in [-0.4, -0.2) is 10.9 Å². The molecule has 4 heteroatoms. The van der Waals surface area contributed by atoms with Crippen LogP contribution in [-0.2, 0) is 11.2 Å². The van der Waals surface area contributed by atoms with E-state index >= 15 is 0 Å². The van der Waals surface area contributed by atoms with Crippen LogP contribution in [0.4, 0.5) is 0 Å². The summed E-state index contributed by atoms with van der Waals surface area (Å²) in [4.78, 5) is 16.7. The van der Waals surface area contributed by atoms with Crippen molar-refractivity contribution in [3.8, 4) is 11.3 Å². The molecule has 4 nitrogen and oxygen atoms in total. The minimum Gasteiger partial charge on any atom is -0.441 e. The monoisotopic (exact) mass is 346 g/mol. The molecule has 1 aromatic heterocycles. The second-order valence-electron chi connectivity index (χ2n) is 6.78. The Balaban J connectivity index is 1.35. The standard InChI is InChI=1S/C22H22N2O2/c25-20(24-22(18-11-12-18)17-9-5-2-6-10-17)13-14-21-23-15-19(26-21)16-7-3-1-4-8-16/h1-10,15,18,22H,11-14H2,(H,24,25). The van der Waals surface area contributed by atoms with Gasteiger partial charge in [-0.2, -0.15) is 0 Å². The molecule has 0 saturated heterocycles. The summed E-state index contributed by atoms with van der Waals surface area (Å²) in [6.07, 6.45) is 4.97. The van der Waals surface area contributed by atoms with Crippen LogP contribution < -0.4 is 5.32 Å². The second kappa shape index (κ2) is 7.56. The lowest BCUT2D eigenvalue weighted by molar-refractivity contribution is -0.122. The van der Waals surface area contributed by atoms with Crippen LogP contribution in [0, 0.1) is 5.92 Å². The van der Waals surface area contributed by atoms with Gasteiger partial charge in [-0.25, -0.2) is 4.98 Å². The van der Waals surface area contributed by atoms with Crippen molar-refractivity contribution in [3.63, 3.8) is 0 Å². The molecular formula is C22H22N2O2. The van der Waals surface area contributed by atoms with Crippen LogP contribution in [0.15, 0.2) is 71.3 Å². The maximum atomic E-state index is 12.4. The first kappa shape index (κ1) is 16.6. The number of rotatable bonds is 7. The van der Waals surface area contributed by atoms with E-state index in [0.717, 1.165) is 11.3 Å². The van der Waals surface area contributed by atoms with Gasteiger partial charge in [0.05, 0.1) is 12.2 Å². The van der Waals surface area contributed by atoms with E-state index in [0.29, 0.717) is 24.7 Å². The lowest BCUT2D eigenvalue weighted by Crippen LogP contribution is -2.30. The highest BCUT2D eigenvalue weighted by molar-refractivity contribution is 5.76. The van der Waals surface area contributed by atoms with E-state index in [1.807, 2.05) is 48.5 Å². The molecule has 0 bridgehead atoms. The summed E-state index contributed by atoms with van der Waals surface area (Å²) in [5.74, 6) is 1.95. The molecule has 1 N–H and O–H groups in total. The smallest absolute Gasteiger partial charge is 0.221 e. The normalized spacial score (nSPS) is 14.8. The summed E-state index contributed by atoms with van der Waals surface area (Å²) in [5, 5.41) is 3.20. The third-order valence-electron chi connectivity index (χ3n) is 4.75. The van der Waals surface area contributed by atoms with Crippen molar-refractivity contribution in [2.45, 2.75) is 31.7 Å². The summed E-state index contributed by atoms with van der Waals surface area (Å²) < 4.78 is 5.78. The number of benzene rings is 2. The number of oxazole rings is 1. The molecule has 132 valence electrons. The van der Waals surface area contributed by atoms with E-state index in [4.69, 9.17) is 4.42 Å². The Hall–Kier alpha value is -2.88. The lowest BCUT2D eigenvalue weighted by atomic mass is 10.0. The minimum atomic E-state index is 0.0465. The van der Waals surface area contributed by atoms with Gasteiger partial charge in [0.15, 0.2) is 11.7 Å². The Kier molecular flexibility index (Phi) is 4.82. The molecule has 0 radical (unpaired) electrons.